The molecule has 1 aliphatic heterocycles. The number of non-ortho nitro benzene ring substituents is 1. The van der Waals surface area contributed by atoms with Crippen molar-refractivity contribution in [2.45, 2.75) is 25.3 Å². The van der Waals surface area contributed by atoms with Crippen molar-refractivity contribution in [2.24, 2.45) is 0 Å². The molecule has 102 valence electrons. The highest BCUT2D eigenvalue weighted by Crippen LogP contribution is 2.28. The molecule has 2 rings (SSSR count). The highest BCUT2D eigenvalue weighted by molar-refractivity contribution is 5.96. The maximum atomic E-state index is 11.9. The number of nitrogens with one attached hydrogen (secondary N) is 2. The van der Waals surface area contributed by atoms with Crippen LogP contribution in [-0.2, 0) is 4.79 Å². The Morgan fingerprint density at radius 2 is 2.26 bits per heavy atom. The minimum Gasteiger partial charge on any atom is -0.506 e. The van der Waals surface area contributed by atoms with Crippen LogP contribution in [0.4, 0.5) is 11.4 Å². The molecule has 1 saturated heterocycles. The number of nitrogens with zero attached hydrogens (tertiary/aromatic N) is 1. The molecule has 0 aromatic heterocycles. The Kier molecular flexibility index (Phi) is 3.96. The zero-order chi connectivity index (χ0) is 13.8. The lowest BCUT2D eigenvalue weighted by Gasteiger charge is -2.22. The lowest BCUT2D eigenvalue weighted by atomic mass is 10.0. The Morgan fingerprint density at radius 3 is 2.89 bits per heavy atom. The number of amides is 1. The molecule has 19 heavy (non-hydrogen) atoms. The summed E-state index contributed by atoms with van der Waals surface area (Å²) in [7, 11) is 0. The third-order valence-electron chi connectivity index (χ3n) is 3.08. The second-order valence-electron chi connectivity index (χ2n) is 4.45. The van der Waals surface area contributed by atoms with E-state index < -0.39 is 4.92 Å². The summed E-state index contributed by atoms with van der Waals surface area (Å²) in [6.45, 7) is 0.777. The molecule has 0 radical (unpaired) electrons. The van der Waals surface area contributed by atoms with E-state index in [1.54, 1.807) is 0 Å². The molecule has 0 bridgehead atoms. The van der Waals surface area contributed by atoms with Crippen molar-refractivity contribution in [1.29, 1.82) is 0 Å². The second-order valence-corrected chi connectivity index (χ2v) is 4.45. The molecule has 0 saturated carbocycles. The molecule has 0 aliphatic carbocycles. The lowest BCUT2D eigenvalue weighted by molar-refractivity contribution is -0.384. The van der Waals surface area contributed by atoms with Crippen molar-refractivity contribution in [3.05, 3.63) is 28.3 Å². The second kappa shape index (κ2) is 5.66. The summed E-state index contributed by atoms with van der Waals surface area (Å²) in [5.41, 5.74) is -0.115. The van der Waals surface area contributed by atoms with Gasteiger partial charge < -0.3 is 15.7 Å². The van der Waals surface area contributed by atoms with E-state index in [4.69, 9.17) is 0 Å². The third kappa shape index (κ3) is 3.19. The van der Waals surface area contributed by atoms with E-state index in [9.17, 15) is 20.0 Å². The van der Waals surface area contributed by atoms with Gasteiger partial charge in [-0.2, -0.15) is 0 Å². The SMILES string of the molecule is O=C(Nc1cc([N+](=O)[O-])ccc1O)[C@H]1CCCCN1. The Hall–Kier alpha value is -2.15. The van der Waals surface area contributed by atoms with Crippen molar-refractivity contribution in [3.63, 3.8) is 0 Å². The van der Waals surface area contributed by atoms with Crippen molar-refractivity contribution < 1.29 is 14.8 Å². The minimum absolute atomic E-state index is 0.0616. The molecule has 0 unspecified atom stereocenters. The van der Waals surface area contributed by atoms with Crippen molar-refractivity contribution >= 4 is 17.3 Å². The number of aromatic hydroxyl groups is 1. The average Bonchev–Trinajstić information content (AvgIpc) is 2.42. The van der Waals surface area contributed by atoms with Gasteiger partial charge in [-0.05, 0) is 25.5 Å². The predicted octanol–water partition coefficient (Wildman–Crippen LogP) is 1.38. The smallest absolute Gasteiger partial charge is 0.271 e. The topological polar surface area (TPSA) is 104 Å². The van der Waals surface area contributed by atoms with Crippen LogP contribution in [-0.4, -0.2) is 28.5 Å². The fourth-order valence-corrected chi connectivity index (χ4v) is 2.03. The molecule has 3 N–H and O–H groups in total. The quantitative estimate of drug-likeness (QED) is 0.435. The molecule has 7 heteroatoms. The zero-order valence-corrected chi connectivity index (χ0v) is 10.3. The van der Waals surface area contributed by atoms with Gasteiger partial charge in [0.1, 0.15) is 5.75 Å². The monoisotopic (exact) mass is 265 g/mol. The molecular weight excluding hydrogens is 250 g/mol. The van der Waals surface area contributed by atoms with Crippen LogP contribution in [0.25, 0.3) is 0 Å². The number of piperidine rings is 1. The van der Waals surface area contributed by atoms with E-state index in [-0.39, 0.29) is 29.1 Å². The summed E-state index contributed by atoms with van der Waals surface area (Å²) >= 11 is 0. The molecule has 1 fully saturated rings. The van der Waals surface area contributed by atoms with Gasteiger partial charge in [0.2, 0.25) is 5.91 Å². The van der Waals surface area contributed by atoms with E-state index in [0.29, 0.717) is 0 Å². The molecule has 1 aliphatic rings. The minimum atomic E-state index is -0.575. The highest BCUT2D eigenvalue weighted by atomic mass is 16.6. The molecule has 1 amide bonds. The van der Waals surface area contributed by atoms with Gasteiger partial charge in [0, 0.05) is 12.1 Å². The van der Waals surface area contributed by atoms with Crippen molar-refractivity contribution in [3.8, 4) is 5.75 Å². The Balaban J connectivity index is 2.11. The van der Waals surface area contributed by atoms with E-state index >= 15 is 0 Å². The number of phenols is 1. The Bertz CT molecular complexity index is 498. The van der Waals surface area contributed by atoms with Crippen LogP contribution in [0.3, 0.4) is 0 Å². The zero-order valence-electron chi connectivity index (χ0n) is 10.3. The van der Waals surface area contributed by atoms with E-state index in [1.165, 1.54) is 12.1 Å². The number of nitro benzene ring substituents is 1. The van der Waals surface area contributed by atoms with Gasteiger partial charge in [-0.25, -0.2) is 0 Å². The summed E-state index contributed by atoms with van der Waals surface area (Å²) in [4.78, 5) is 22.0. The molecule has 1 atom stereocenters. The molecule has 0 spiro atoms. The standard InChI is InChI=1S/C12H15N3O4/c16-11-5-4-8(15(18)19)7-10(11)14-12(17)9-3-1-2-6-13-9/h4-5,7,9,13,16H,1-3,6H2,(H,14,17)/t9-/m1/s1. The number of carbonyl (C=O) groups is 1. The molecular formula is C12H15N3O4. The first-order valence-electron chi connectivity index (χ1n) is 6.09. The van der Waals surface area contributed by atoms with Gasteiger partial charge in [-0.3, -0.25) is 14.9 Å². The number of carbonyl (C=O) groups excluding carboxylic acids is 1. The lowest BCUT2D eigenvalue weighted by Crippen LogP contribution is -2.43. The number of nitro groups is 1. The maximum absolute atomic E-state index is 11.9. The van der Waals surface area contributed by atoms with Gasteiger partial charge in [-0.1, -0.05) is 6.42 Å². The van der Waals surface area contributed by atoms with Crippen LogP contribution >= 0.6 is 0 Å². The summed E-state index contributed by atoms with van der Waals surface area (Å²) in [6.07, 6.45) is 2.72. The van der Waals surface area contributed by atoms with Crippen LogP contribution in [0.5, 0.6) is 5.75 Å². The number of hydrogen-bond donors (Lipinski definition) is 3. The van der Waals surface area contributed by atoms with Crippen LogP contribution in [0.2, 0.25) is 0 Å². The normalized spacial score (nSPS) is 18.8. The number of benzene rings is 1. The molecule has 1 aromatic carbocycles. The maximum Gasteiger partial charge on any atom is 0.271 e. The predicted molar refractivity (Wildman–Crippen MR) is 69.0 cm³/mol. The molecule has 1 aromatic rings. The molecule has 7 nitrogen and oxygen atoms in total. The largest absolute Gasteiger partial charge is 0.506 e. The summed E-state index contributed by atoms with van der Waals surface area (Å²) in [5.74, 6) is -0.467. The van der Waals surface area contributed by atoms with Gasteiger partial charge in [0.25, 0.3) is 5.69 Å². The third-order valence-corrected chi connectivity index (χ3v) is 3.08. The van der Waals surface area contributed by atoms with Gasteiger partial charge >= 0.3 is 0 Å². The Labute approximate surface area is 109 Å². The van der Waals surface area contributed by atoms with Gasteiger partial charge in [-0.15, -0.1) is 0 Å². The van der Waals surface area contributed by atoms with Crippen molar-refractivity contribution in [1.82, 2.24) is 5.32 Å². The van der Waals surface area contributed by atoms with Gasteiger partial charge in [0.15, 0.2) is 0 Å². The van der Waals surface area contributed by atoms with E-state index in [2.05, 4.69) is 10.6 Å². The summed E-state index contributed by atoms with van der Waals surface area (Å²) in [6, 6.07) is 3.22. The number of rotatable bonds is 3. The fraction of sp³-hybridized carbons (Fsp3) is 0.417. The summed E-state index contributed by atoms with van der Waals surface area (Å²) in [5, 5.41) is 25.8. The number of hydrogen-bond acceptors (Lipinski definition) is 5. The summed E-state index contributed by atoms with van der Waals surface area (Å²) < 4.78 is 0. The first-order valence-corrected chi connectivity index (χ1v) is 6.09. The van der Waals surface area contributed by atoms with Gasteiger partial charge in [0.05, 0.1) is 16.7 Å². The highest BCUT2D eigenvalue weighted by Gasteiger charge is 2.22. The average molecular weight is 265 g/mol. The fourth-order valence-electron chi connectivity index (χ4n) is 2.03. The van der Waals surface area contributed by atoms with Crippen molar-refractivity contribution in [2.75, 3.05) is 11.9 Å². The molecule has 1 heterocycles. The first kappa shape index (κ1) is 13.3. The van der Waals surface area contributed by atoms with Crippen LogP contribution < -0.4 is 10.6 Å². The van der Waals surface area contributed by atoms with Crippen LogP contribution in [0.1, 0.15) is 19.3 Å². The number of phenolic OH excluding ortho intramolecular Hbond substituents is 1. The van der Waals surface area contributed by atoms with E-state index in [0.717, 1.165) is 31.9 Å². The first-order chi connectivity index (χ1) is 9.08. The van der Waals surface area contributed by atoms with Crippen LogP contribution in [0, 0.1) is 10.1 Å². The van der Waals surface area contributed by atoms with Crippen LogP contribution in [0.15, 0.2) is 18.2 Å². The van der Waals surface area contributed by atoms with E-state index in [1.807, 2.05) is 0 Å². The Morgan fingerprint density at radius 1 is 1.47 bits per heavy atom. The number of anilines is 1.